The Morgan fingerprint density at radius 2 is 2.14 bits per heavy atom. The Balaban J connectivity index is 2.53. The molecule has 0 radical (unpaired) electrons. The van der Waals surface area contributed by atoms with Crippen LogP contribution in [0.4, 0.5) is 4.79 Å². The first-order chi connectivity index (χ1) is 6.52. The maximum atomic E-state index is 11.7. The smallest absolute Gasteiger partial charge is 0.410 e. The summed E-state index contributed by atoms with van der Waals surface area (Å²) < 4.78 is 5.19. The van der Waals surface area contributed by atoms with Crippen molar-refractivity contribution in [3.05, 3.63) is 0 Å². The summed E-state index contributed by atoms with van der Waals surface area (Å²) in [6, 6.07) is 0.278. The molecule has 0 aromatic heterocycles. The molecule has 1 aliphatic heterocycles. The third kappa shape index (κ3) is 2.80. The summed E-state index contributed by atoms with van der Waals surface area (Å²) in [7, 11) is 0. The third-order valence-electron chi connectivity index (χ3n) is 2.45. The van der Waals surface area contributed by atoms with E-state index in [1.54, 1.807) is 0 Å². The fourth-order valence-electron chi connectivity index (χ4n) is 1.46. The highest BCUT2D eigenvalue weighted by atomic mass is 32.2. The molecule has 0 aromatic rings. The van der Waals surface area contributed by atoms with E-state index in [1.165, 1.54) is 0 Å². The van der Waals surface area contributed by atoms with Crippen molar-refractivity contribution in [1.82, 2.24) is 4.90 Å². The summed E-state index contributed by atoms with van der Waals surface area (Å²) in [5.41, 5.74) is 0. The number of carbonyl (C=O) groups is 1. The number of hydrogen-bond acceptors (Lipinski definition) is 3. The standard InChI is InChI=1S/C10H19NO2S/c1-7(2)13-10(12)11-5-6-14-9(4)8(11)3/h7-9H,5-6H2,1-4H3. The topological polar surface area (TPSA) is 29.5 Å². The van der Waals surface area contributed by atoms with Crippen LogP contribution >= 0.6 is 11.8 Å². The largest absolute Gasteiger partial charge is 0.447 e. The highest BCUT2D eigenvalue weighted by Crippen LogP contribution is 2.24. The Morgan fingerprint density at radius 1 is 1.50 bits per heavy atom. The normalized spacial score (nSPS) is 27.9. The van der Waals surface area contributed by atoms with Gasteiger partial charge in [0, 0.05) is 23.6 Å². The van der Waals surface area contributed by atoms with E-state index < -0.39 is 0 Å². The summed E-state index contributed by atoms with van der Waals surface area (Å²) in [6.07, 6.45) is -0.195. The summed E-state index contributed by atoms with van der Waals surface area (Å²) in [4.78, 5) is 13.5. The lowest BCUT2D eigenvalue weighted by Gasteiger charge is -2.36. The number of thioether (sulfide) groups is 1. The molecular formula is C10H19NO2S. The van der Waals surface area contributed by atoms with Gasteiger partial charge >= 0.3 is 6.09 Å². The maximum absolute atomic E-state index is 11.7. The Kier molecular flexibility index (Phi) is 4.11. The predicted molar refractivity (Wildman–Crippen MR) is 59.7 cm³/mol. The number of ether oxygens (including phenoxy) is 1. The van der Waals surface area contributed by atoms with Gasteiger partial charge in [0.15, 0.2) is 0 Å². The SMILES string of the molecule is CC(C)OC(=O)N1CCSC(C)C1C. The molecule has 3 nitrogen and oxygen atoms in total. The first-order valence-corrected chi connectivity index (χ1v) is 6.16. The molecule has 2 atom stereocenters. The molecule has 0 saturated carbocycles. The van der Waals surface area contributed by atoms with Gasteiger partial charge in [-0.2, -0.15) is 11.8 Å². The minimum Gasteiger partial charge on any atom is -0.447 e. The van der Waals surface area contributed by atoms with E-state index in [0.29, 0.717) is 5.25 Å². The fourth-order valence-corrected chi connectivity index (χ4v) is 2.56. The van der Waals surface area contributed by atoms with Gasteiger partial charge in [0.1, 0.15) is 0 Å². The molecule has 1 fully saturated rings. The molecular weight excluding hydrogens is 198 g/mol. The lowest BCUT2D eigenvalue weighted by Crippen LogP contribution is -2.48. The van der Waals surface area contributed by atoms with Gasteiger partial charge in [-0.15, -0.1) is 0 Å². The van der Waals surface area contributed by atoms with Crippen LogP contribution in [0, 0.1) is 0 Å². The van der Waals surface area contributed by atoms with E-state index in [4.69, 9.17) is 4.74 Å². The van der Waals surface area contributed by atoms with Gasteiger partial charge in [0.25, 0.3) is 0 Å². The van der Waals surface area contributed by atoms with Crippen LogP contribution < -0.4 is 0 Å². The maximum Gasteiger partial charge on any atom is 0.410 e. The first kappa shape index (κ1) is 11.7. The molecule has 1 amide bonds. The summed E-state index contributed by atoms with van der Waals surface area (Å²) in [5, 5.41) is 0.503. The van der Waals surface area contributed by atoms with Gasteiger partial charge in [-0.05, 0) is 20.8 Å². The van der Waals surface area contributed by atoms with Crippen molar-refractivity contribution in [3.8, 4) is 0 Å². The molecule has 0 aromatic carbocycles. The average molecular weight is 217 g/mol. The second-order valence-electron chi connectivity index (χ2n) is 3.94. The zero-order valence-electron chi connectivity index (χ0n) is 9.32. The number of nitrogens with zero attached hydrogens (tertiary/aromatic N) is 1. The molecule has 82 valence electrons. The molecule has 0 aliphatic carbocycles. The van der Waals surface area contributed by atoms with Crippen LogP contribution in [0.2, 0.25) is 0 Å². The van der Waals surface area contributed by atoms with Crippen LogP contribution in [-0.4, -0.2) is 40.7 Å². The number of carbonyl (C=O) groups excluding carboxylic acids is 1. The van der Waals surface area contributed by atoms with Crippen LogP contribution in [0.25, 0.3) is 0 Å². The minimum atomic E-state index is -0.167. The van der Waals surface area contributed by atoms with E-state index in [-0.39, 0.29) is 18.2 Å². The molecule has 1 saturated heterocycles. The number of amides is 1. The quantitative estimate of drug-likeness (QED) is 0.675. The van der Waals surface area contributed by atoms with E-state index in [9.17, 15) is 4.79 Å². The molecule has 4 heteroatoms. The zero-order valence-corrected chi connectivity index (χ0v) is 10.1. The van der Waals surface area contributed by atoms with Crippen LogP contribution in [0.15, 0.2) is 0 Å². The Morgan fingerprint density at radius 3 is 2.71 bits per heavy atom. The van der Waals surface area contributed by atoms with Gasteiger partial charge < -0.3 is 9.64 Å². The highest BCUT2D eigenvalue weighted by Gasteiger charge is 2.30. The van der Waals surface area contributed by atoms with Crippen molar-refractivity contribution in [2.45, 2.75) is 45.1 Å². The lowest BCUT2D eigenvalue weighted by atomic mass is 10.2. The zero-order chi connectivity index (χ0) is 10.7. The molecule has 0 N–H and O–H groups in total. The van der Waals surface area contributed by atoms with Crippen LogP contribution in [0.3, 0.4) is 0 Å². The second kappa shape index (κ2) is 4.91. The molecule has 2 unspecified atom stereocenters. The first-order valence-electron chi connectivity index (χ1n) is 5.11. The van der Waals surface area contributed by atoms with Crippen molar-refractivity contribution < 1.29 is 9.53 Å². The van der Waals surface area contributed by atoms with Gasteiger partial charge in [-0.1, -0.05) is 6.92 Å². The van der Waals surface area contributed by atoms with Gasteiger partial charge in [0.05, 0.1) is 6.10 Å². The van der Waals surface area contributed by atoms with Crippen molar-refractivity contribution >= 4 is 17.9 Å². The van der Waals surface area contributed by atoms with Crippen LogP contribution in [0.1, 0.15) is 27.7 Å². The van der Waals surface area contributed by atoms with E-state index in [0.717, 1.165) is 12.3 Å². The van der Waals surface area contributed by atoms with Crippen molar-refractivity contribution in [1.29, 1.82) is 0 Å². The number of hydrogen-bond donors (Lipinski definition) is 0. The molecule has 0 spiro atoms. The van der Waals surface area contributed by atoms with E-state index >= 15 is 0 Å². The summed E-state index contributed by atoms with van der Waals surface area (Å²) in [5.74, 6) is 1.01. The Hall–Kier alpha value is -0.380. The van der Waals surface area contributed by atoms with E-state index in [1.807, 2.05) is 30.5 Å². The summed E-state index contributed by atoms with van der Waals surface area (Å²) >= 11 is 1.92. The number of rotatable bonds is 1. The average Bonchev–Trinajstić information content (AvgIpc) is 2.08. The molecule has 0 bridgehead atoms. The lowest BCUT2D eigenvalue weighted by molar-refractivity contribution is 0.0666. The van der Waals surface area contributed by atoms with Crippen LogP contribution in [-0.2, 0) is 4.74 Å². The second-order valence-corrected chi connectivity index (χ2v) is 5.43. The minimum absolute atomic E-state index is 0.0282. The molecule has 14 heavy (non-hydrogen) atoms. The Bertz CT molecular complexity index is 208. The van der Waals surface area contributed by atoms with Crippen molar-refractivity contribution in [2.75, 3.05) is 12.3 Å². The highest BCUT2D eigenvalue weighted by molar-refractivity contribution is 8.00. The van der Waals surface area contributed by atoms with Gasteiger partial charge in [0.2, 0.25) is 0 Å². The monoisotopic (exact) mass is 217 g/mol. The van der Waals surface area contributed by atoms with Crippen molar-refractivity contribution in [3.63, 3.8) is 0 Å². The predicted octanol–water partition coefficient (Wildman–Crippen LogP) is 2.36. The molecule has 1 aliphatic rings. The summed E-state index contributed by atoms with van der Waals surface area (Å²) in [6.45, 7) is 8.81. The fraction of sp³-hybridized carbons (Fsp3) is 0.900. The van der Waals surface area contributed by atoms with Gasteiger partial charge in [-0.3, -0.25) is 0 Å². The van der Waals surface area contributed by atoms with Crippen LogP contribution in [0.5, 0.6) is 0 Å². The van der Waals surface area contributed by atoms with Gasteiger partial charge in [-0.25, -0.2) is 4.79 Å². The molecule has 1 heterocycles. The molecule has 1 rings (SSSR count). The van der Waals surface area contributed by atoms with E-state index in [2.05, 4.69) is 13.8 Å². The Labute approximate surface area is 90.2 Å². The van der Waals surface area contributed by atoms with Crippen molar-refractivity contribution in [2.24, 2.45) is 0 Å². The third-order valence-corrected chi connectivity index (χ3v) is 3.79.